The van der Waals surface area contributed by atoms with Gasteiger partial charge in [0.2, 0.25) is 5.28 Å². The van der Waals surface area contributed by atoms with Gasteiger partial charge in [-0.1, -0.05) is 32.1 Å². The smallest absolute Gasteiger partial charge is 0.226 e. The van der Waals surface area contributed by atoms with Crippen LogP contribution in [0.15, 0.2) is 6.33 Å². The zero-order valence-electron chi connectivity index (χ0n) is 17.5. The van der Waals surface area contributed by atoms with Crippen LogP contribution in [-0.4, -0.2) is 72.8 Å². The number of ether oxygens (including phenoxy) is 1. The molecule has 2 unspecified atom stereocenters. The molecule has 2 aromatic heterocycles. The molecule has 2 saturated heterocycles. The predicted molar refractivity (Wildman–Crippen MR) is 115 cm³/mol. The number of aromatic nitrogens is 4. The number of hydrogen-bond acceptors (Lipinski definition) is 8. The van der Waals surface area contributed by atoms with Crippen LogP contribution >= 0.6 is 11.6 Å². The van der Waals surface area contributed by atoms with Crippen molar-refractivity contribution in [1.29, 1.82) is 0 Å². The lowest BCUT2D eigenvalue weighted by molar-refractivity contribution is -0.0511. The molecule has 2 aliphatic heterocycles. The number of nitrogens with zero attached hydrogens (tertiary/aromatic N) is 5. The zero-order valence-corrected chi connectivity index (χ0v) is 18.2. The molecule has 9 nitrogen and oxygen atoms in total. The topological polar surface area (TPSA) is 117 Å². The highest BCUT2D eigenvalue weighted by molar-refractivity contribution is 6.28. The Balaban J connectivity index is 1.38. The molecule has 0 radical (unpaired) electrons. The molecule has 3 N–H and O–H groups in total. The van der Waals surface area contributed by atoms with E-state index < -0.39 is 31.1 Å². The summed E-state index contributed by atoms with van der Waals surface area (Å²) in [6.07, 6.45) is 6.47. The van der Waals surface area contributed by atoms with Crippen LogP contribution in [0.2, 0.25) is 5.28 Å². The number of aliphatic hydroxyl groups excluding tert-OH is 3. The van der Waals surface area contributed by atoms with Gasteiger partial charge >= 0.3 is 0 Å². The number of rotatable bonds is 4. The molecule has 0 aromatic carbocycles. The van der Waals surface area contributed by atoms with E-state index in [0.717, 1.165) is 37.8 Å². The van der Waals surface area contributed by atoms with Crippen LogP contribution in [0.4, 0.5) is 5.82 Å². The van der Waals surface area contributed by atoms with Crippen molar-refractivity contribution in [3.63, 3.8) is 0 Å². The van der Waals surface area contributed by atoms with Gasteiger partial charge in [0.05, 0.1) is 12.9 Å². The summed E-state index contributed by atoms with van der Waals surface area (Å²) in [4.78, 5) is 15.5. The monoisotopic (exact) mass is 451 g/mol. The molecule has 0 spiro atoms. The van der Waals surface area contributed by atoms with Crippen molar-refractivity contribution in [2.45, 2.75) is 69.5 Å². The summed E-state index contributed by atoms with van der Waals surface area (Å²) in [5.41, 5.74) is 1.04. The molecular weight excluding hydrogens is 422 g/mol. The van der Waals surface area contributed by atoms with Crippen molar-refractivity contribution in [2.24, 2.45) is 11.8 Å². The lowest BCUT2D eigenvalue weighted by atomic mass is 9.76. The van der Waals surface area contributed by atoms with E-state index >= 15 is 0 Å². The van der Waals surface area contributed by atoms with Crippen LogP contribution in [-0.2, 0) is 4.74 Å². The first-order valence-electron chi connectivity index (χ1n) is 11.3. The number of hydrogen-bond donors (Lipinski definition) is 3. The van der Waals surface area contributed by atoms with E-state index in [-0.39, 0.29) is 5.28 Å². The number of halogens is 1. The van der Waals surface area contributed by atoms with Crippen molar-refractivity contribution in [2.75, 3.05) is 24.6 Å². The number of aliphatic hydroxyl groups is 3. The van der Waals surface area contributed by atoms with Gasteiger partial charge in [-0.2, -0.15) is 9.97 Å². The third-order valence-corrected chi connectivity index (χ3v) is 7.49. The van der Waals surface area contributed by atoms with Crippen LogP contribution in [0, 0.1) is 11.8 Å². The largest absolute Gasteiger partial charge is 0.394 e. The fourth-order valence-corrected chi connectivity index (χ4v) is 5.74. The molecule has 4 atom stereocenters. The molecule has 170 valence electrons. The van der Waals surface area contributed by atoms with E-state index in [1.807, 2.05) is 0 Å². The van der Waals surface area contributed by atoms with E-state index in [1.165, 1.54) is 38.4 Å². The molecule has 3 aliphatic rings. The molecule has 3 fully saturated rings. The van der Waals surface area contributed by atoms with Gasteiger partial charge in [-0.05, 0) is 36.3 Å². The van der Waals surface area contributed by atoms with Crippen LogP contribution in [0.3, 0.4) is 0 Å². The highest BCUT2D eigenvalue weighted by Crippen LogP contribution is 2.38. The Morgan fingerprint density at radius 2 is 1.71 bits per heavy atom. The molecule has 2 aromatic rings. The lowest BCUT2D eigenvalue weighted by Gasteiger charge is -2.38. The maximum absolute atomic E-state index is 10.4. The van der Waals surface area contributed by atoms with Crippen molar-refractivity contribution in [3.05, 3.63) is 11.6 Å². The Kier molecular flexibility index (Phi) is 6.04. The SMILES string of the molecule is OC[C@H]1O[C@@H](n2cnc3c(N4CCC(C5CCCCC5)CC4)nc(Cl)nc32)C(O)C1O. The second-order valence-corrected chi connectivity index (χ2v) is 9.43. The van der Waals surface area contributed by atoms with Gasteiger partial charge in [0.25, 0.3) is 0 Å². The molecular formula is C21H30ClN5O4. The van der Waals surface area contributed by atoms with Gasteiger partial charge in [0, 0.05) is 13.1 Å². The number of imidazole rings is 1. The third kappa shape index (κ3) is 3.91. The maximum atomic E-state index is 10.4. The standard InChI is InChI=1S/C21H30ClN5O4/c22-21-24-18(26-8-6-13(7-9-26)12-4-2-1-3-5-12)15-19(25-21)27(11-23-15)20-17(30)16(29)14(10-28)31-20/h11-14,16-17,20,28-30H,1-10H2/t14-,16?,17?,20-/m1/s1. The molecule has 1 saturated carbocycles. The summed E-state index contributed by atoms with van der Waals surface area (Å²) < 4.78 is 7.21. The minimum absolute atomic E-state index is 0.102. The summed E-state index contributed by atoms with van der Waals surface area (Å²) >= 11 is 6.27. The minimum atomic E-state index is -1.21. The van der Waals surface area contributed by atoms with Gasteiger partial charge in [-0.3, -0.25) is 4.57 Å². The van der Waals surface area contributed by atoms with Crippen LogP contribution in [0.1, 0.15) is 51.2 Å². The van der Waals surface area contributed by atoms with E-state index in [9.17, 15) is 15.3 Å². The van der Waals surface area contributed by atoms with Gasteiger partial charge < -0.3 is 25.0 Å². The molecule has 0 amide bonds. The van der Waals surface area contributed by atoms with Crippen molar-refractivity contribution < 1.29 is 20.1 Å². The molecule has 5 rings (SSSR count). The Morgan fingerprint density at radius 3 is 2.39 bits per heavy atom. The minimum Gasteiger partial charge on any atom is -0.394 e. The summed E-state index contributed by atoms with van der Waals surface area (Å²) in [7, 11) is 0. The van der Waals surface area contributed by atoms with E-state index in [0.29, 0.717) is 17.0 Å². The average Bonchev–Trinajstić information content (AvgIpc) is 3.34. The van der Waals surface area contributed by atoms with Crippen LogP contribution < -0.4 is 4.90 Å². The zero-order chi connectivity index (χ0) is 21.5. The number of anilines is 1. The molecule has 0 bridgehead atoms. The summed E-state index contributed by atoms with van der Waals surface area (Å²) in [6, 6.07) is 0. The maximum Gasteiger partial charge on any atom is 0.226 e. The Hall–Kier alpha value is -1.52. The molecule has 1 aliphatic carbocycles. The van der Waals surface area contributed by atoms with Crippen molar-refractivity contribution >= 4 is 28.6 Å². The first kappa shape index (κ1) is 21.3. The fourth-order valence-electron chi connectivity index (χ4n) is 5.58. The van der Waals surface area contributed by atoms with E-state index in [2.05, 4.69) is 19.9 Å². The van der Waals surface area contributed by atoms with Crippen LogP contribution in [0.5, 0.6) is 0 Å². The molecule has 31 heavy (non-hydrogen) atoms. The van der Waals surface area contributed by atoms with Gasteiger partial charge in [-0.25, -0.2) is 4.98 Å². The summed E-state index contributed by atoms with van der Waals surface area (Å²) in [6.45, 7) is 1.42. The van der Waals surface area contributed by atoms with Gasteiger partial charge in [-0.15, -0.1) is 0 Å². The summed E-state index contributed by atoms with van der Waals surface area (Å²) in [5, 5.41) is 30.0. The van der Waals surface area contributed by atoms with E-state index in [1.54, 1.807) is 4.57 Å². The first-order valence-corrected chi connectivity index (χ1v) is 11.7. The molecule has 10 heteroatoms. The normalized spacial score (nSPS) is 31.0. The van der Waals surface area contributed by atoms with Crippen molar-refractivity contribution in [1.82, 2.24) is 19.5 Å². The van der Waals surface area contributed by atoms with Gasteiger partial charge in [0.1, 0.15) is 18.3 Å². The van der Waals surface area contributed by atoms with Crippen molar-refractivity contribution in [3.8, 4) is 0 Å². The number of fused-ring (bicyclic) bond motifs is 1. The predicted octanol–water partition coefficient (Wildman–Crippen LogP) is 1.89. The molecule has 4 heterocycles. The fraction of sp³-hybridized carbons (Fsp3) is 0.762. The highest BCUT2D eigenvalue weighted by atomic mass is 35.5. The lowest BCUT2D eigenvalue weighted by Crippen LogP contribution is -2.37. The summed E-state index contributed by atoms with van der Waals surface area (Å²) in [5.74, 6) is 2.33. The quantitative estimate of drug-likeness (QED) is 0.603. The number of piperidine rings is 1. The second-order valence-electron chi connectivity index (χ2n) is 9.09. The van der Waals surface area contributed by atoms with E-state index in [4.69, 9.17) is 16.3 Å². The van der Waals surface area contributed by atoms with Gasteiger partial charge in [0.15, 0.2) is 23.2 Å². The Labute approximate surface area is 186 Å². The first-order chi connectivity index (χ1) is 15.1. The van der Waals surface area contributed by atoms with Crippen LogP contribution in [0.25, 0.3) is 11.2 Å². The highest BCUT2D eigenvalue weighted by Gasteiger charge is 2.44. The average molecular weight is 452 g/mol. The third-order valence-electron chi connectivity index (χ3n) is 7.32. The Morgan fingerprint density at radius 1 is 1.00 bits per heavy atom. The Bertz CT molecular complexity index is 913. The second kappa shape index (κ2) is 8.78.